The van der Waals surface area contributed by atoms with Gasteiger partial charge in [0, 0.05) is 24.4 Å². The molecule has 0 radical (unpaired) electrons. The molecule has 0 aliphatic carbocycles. The van der Waals surface area contributed by atoms with Crippen molar-refractivity contribution in [1.82, 2.24) is 5.06 Å². The first-order valence-electron chi connectivity index (χ1n) is 3.93. The summed E-state index contributed by atoms with van der Waals surface area (Å²) in [6.45, 7) is 5.61. The van der Waals surface area contributed by atoms with Crippen LogP contribution in [0.3, 0.4) is 0 Å². The van der Waals surface area contributed by atoms with Gasteiger partial charge in [-0.05, 0) is 20.8 Å². The molecule has 0 aromatic carbocycles. The molecule has 0 aromatic heterocycles. The van der Waals surface area contributed by atoms with Gasteiger partial charge in [-0.2, -0.15) is 5.06 Å². The molecule has 11 heavy (non-hydrogen) atoms. The molecular formula is C8H15NO2. The van der Waals surface area contributed by atoms with Crippen LogP contribution in [0.5, 0.6) is 0 Å². The number of hydroxylamine groups is 2. The Morgan fingerprint density at radius 1 is 1.64 bits per heavy atom. The first-order chi connectivity index (χ1) is 4.93. The summed E-state index contributed by atoms with van der Waals surface area (Å²) in [7, 11) is 0. The van der Waals surface area contributed by atoms with E-state index in [9.17, 15) is 10.0 Å². The zero-order chi connectivity index (χ0) is 8.65. The van der Waals surface area contributed by atoms with Crippen molar-refractivity contribution in [2.45, 2.75) is 45.2 Å². The number of piperidine rings is 1. The van der Waals surface area contributed by atoms with E-state index in [4.69, 9.17) is 0 Å². The Morgan fingerprint density at radius 3 is 2.64 bits per heavy atom. The standard InChI is InChI=1S/C8H15NO2/c1-6-4-7(10)5-8(2,3)9(6)11/h6,11H,4-5H2,1-3H3. The van der Waals surface area contributed by atoms with E-state index in [2.05, 4.69) is 0 Å². The maximum Gasteiger partial charge on any atom is 0.136 e. The van der Waals surface area contributed by atoms with Gasteiger partial charge in [0.05, 0.1) is 0 Å². The Morgan fingerprint density at radius 2 is 2.18 bits per heavy atom. The Bertz CT molecular complexity index is 177. The third kappa shape index (κ3) is 1.60. The van der Waals surface area contributed by atoms with Crippen LogP contribution in [-0.2, 0) is 4.79 Å². The van der Waals surface area contributed by atoms with Crippen molar-refractivity contribution in [2.75, 3.05) is 0 Å². The molecule has 0 aromatic rings. The average Bonchev–Trinajstić information content (AvgIpc) is 1.81. The summed E-state index contributed by atoms with van der Waals surface area (Å²) in [5, 5.41) is 10.8. The molecule has 1 unspecified atom stereocenters. The van der Waals surface area contributed by atoms with Crippen molar-refractivity contribution in [3.05, 3.63) is 0 Å². The molecule has 1 aliphatic rings. The smallest absolute Gasteiger partial charge is 0.136 e. The van der Waals surface area contributed by atoms with Crippen LogP contribution in [0.2, 0.25) is 0 Å². The second-order valence-electron chi connectivity index (χ2n) is 3.93. The number of rotatable bonds is 0. The van der Waals surface area contributed by atoms with Crippen molar-refractivity contribution >= 4 is 5.78 Å². The van der Waals surface area contributed by atoms with Gasteiger partial charge in [0.25, 0.3) is 0 Å². The number of hydrogen-bond donors (Lipinski definition) is 1. The summed E-state index contributed by atoms with van der Waals surface area (Å²) >= 11 is 0. The lowest BCUT2D eigenvalue weighted by Gasteiger charge is -2.41. The van der Waals surface area contributed by atoms with Crippen molar-refractivity contribution in [3.8, 4) is 0 Å². The average molecular weight is 157 g/mol. The largest absolute Gasteiger partial charge is 0.313 e. The number of carbonyl (C=O) groups excluding carboxylic acids is 1. The van der Waals surface area contributed by atoms with Gasteiger partial charge in [0.15, 0.2) is 0 Å². The summed E-state index contributed by atoms with van der Waals surface area (Å²) in [5.41, 5.74) is -0.380. The molecule has 3 heteroatoms. The zero-order valence-electron chi connectivity index (χ0n) is 7.29. The Labute approximate surface area is 67.0 Å². The Hall–Kier alpha value is -0.410. The fraction of sp³-hybridized carbons (Fsp3) is 0.875. The monoisotopic (exact) mass is 157 g/mol. The molecule has 0 amide bonds. The van der Waals surface area contributed by atoms with Crippen LogP contribution in [0.25, 0.3) is 0 Å². The third-order valence-corrected chi connectivity index (χ3v) is 2.19. The van der Waals surface area contributed by atoms with Gasteiger partial charge >= 0.3 is 0 Å². The molecule has 3 nitrogen and oxygen atoms in total. The third-order valence-electron chi connectivity index (χ3n) is 2.19. The lowest BCUT2D eigenvalue weighted by atomic mass is 9.88. The molecular weight excluding hydrogens is 142 g/mol. The van der Waals surface area contributed by atoms with E-state index in [0.29, 0.717) is 12.8 Å². The second kappa shape index (κ2) is 2.57. The highest BCUT2D eigenvalue weighted by molar-refractivity contribution is 5.80. The SMILES string of the molecule is CC1CC(=O)CC(C)(C)N1O. The molecule has 1 fully saturated rings. The quantitative estimate of drug-likeness (QED) is 0.574. The molecule has 0 spiro atoms. The molecule has 1 rings (SSSR count). The van der Waals surface area contributed by atoms with E-state index in [-0.39, 0.29) is 17.4 Å². The Kier molecular flexibility index (Phi) is 2.03. The molecule has 64 valence electrons. The highest BCUT2D eigenvalue weighted by atomic mass is 16.5. The van der Waals surface area contributed by atoms with Crippen LogP contribution in [-0.4, -0.2) is 27.6 Å². The minimum atomic E-state index is -0.380. The number of nitrogens with zero attached hydrogens (tertiary/aromatic N) is 1. The molecule has 1 heterocycles. The topological polar surface area (TPSA) is 40.5 Å². The maximum atomic E-state index is 11.1. The van der Waals surface area contributed by atoms with Crippen LogP contribution < -0.4 is 0 Å². The van der Waals surface area contributed by atoms with E-state index < -0.39 is 0 Å². The first-order valence-corrected chi connectivity index (χ1v) is 3.93. The molecule has 0 bridgehead atoms. The van der Waals surface area contributed by atoms with Crippen LogP contribution >= 0.6 is 0 Å². The number of ketones is 1. The molecule has 1 aliphatic heterocycles. The highest BCUT2D eigenvalue weighted by Gasteiger charge is 2.37. The van der Waals surface area contributed by atoms with Gasteiger partial charge in [-0.15, -0.1) is 0 Å². The molecule has 1 atom stereocenters. The number of carbonyl (C=O) groups is 1. The summed E-state index contributed by atoms with van der Waals surface area (Å²) in [5.74, 6) is 0.243. The van der Waals surface area contributed by atoms with E-state index in [0.717, 1.165) is 0 Å². The summed E-state index contributed by atoms with van der Waals surface area (Å²) < 4.78 is 0. The predicted octanol–water partition coefficient (Wildman–Crippen LogP) is 1.21. The van der Waals surface area contributed by atoms with E-state index in [1.54, 1.807) is 0 Å². The van der Waals surface area contributed by atoms with Crippen molar-refractivity contribution in [3.63, 3.8) is 0 Å². The van der Waals surface area contributed by atoms with Crippen LogP contribution in [0.1, 0.15) is 33.6 Å². The van der Waals surface area contributed by atoms with Crippen LogP contribution in [0.4, 0.5) is 0 Å². The van der Waals surface area contributed by atoms with Gasteiger partial charge in [0.1, 0.15) is 5.78 Å². The second-order valence-corrected chi connectivity index (χ2v) is 3.93. The minimum Gasteiger partial charge on any atom is -0.313 e. The van der Waals surface area contributed by atoms with Gasteiger partial charge in [-0.3, -0.25) is 4.79 Å². The first kappa shape index (κ1) is 8.68. The zero-order valence-corrected chi connectivity index (χ0v) is 7.29. The summed E-state index contributed by atoms with van der Waals surface area (Å²) in [6, 6.07) is -0.0359. The van der Waals surface area contributed by atoms with Crippen LogP contribution in [0, 0.1) is 0 Å². The normalized spacial score (nSPS) is 32.4. The lowest BCUT2D eigenvalue weighted by Crippen LogP contribution is -2.52. The van der Waals surface area contributed by atoms with Crippen molar-refractivity contribution < 1.29 is 10.0 Å². The van der Waals surface area contributed by atoms with Crippen molar-refractivity contribution in [2.24, 2.45) is 0 Å². The van der Waals surface area contributed by atoms with Gasteiger partial charge in [0.2, 0.25) is 0 Å². The van der Waals surface area contributed by atoms with E-state index in [1.165, 1.54) is 5.06 Å². The summed E-state index contributed by atoms with van der Waals surface area (Å²) in [4.78, 5) is 11.1. The van der Waals surface area contributed by atoms with E-state index in [1.807, 2.05) is 20.8 Å². The highest BCUT2D eigenvalue weighted by Crippen LogP contribution is 2.26. The molecule has 0 saturated carbocycles. The van der Waals surface area contributed by atoms with Crippen molar-refractivity contribution in [1.29, 1.82) is 0 Å². The van der Waals surface area contributed by atoms with Crippen LogP contribution in [0.15, 0.2) is 0 Å². The van der Waals surface area contributed by atoms with Gasteiger partial charge in [-0.1, -0.05) is 0 Å². The minimum absolute atomic E-state index is 0.0359. The molecule has 1 saturated heterocycles. The maximum absolute atomic E-state index is 11.1. The number of Topliss-reactive ketones (excluding diaryl/α,β-unsaturated/α-hetero) is 1. The molecule has 1 N–H and O–H groups in total. The Balaban J connectivity index is 2.75. The number of hydrogen-bond acceptors (Lipinski definition) is 3. The lowest BCUT2D eigenvalue weighted by molar-refractivity contribution is -0.205. The fourth-order valence-corrected chi connectivity index (χ4v) is 1.65. The van der Waals surface area contributed by atoms with E-state index >= 15 is 0 Å². The summed E-state index contributed by atoms with van der Waals surface area (Å²) in [6.07, 6.45) is 0.924. The fourth-order valence-electron chi connectivity index (χ4n) is 1.65. The van der Waals surface area contributed by atoms with Gasteiger partial charge in [-0.25, -0.2) is 0 Å². The van der Waals surface area contributed by atoms with Gasteiger partial charge < -0.3 is 5.21 Å². The predicted molar refractivity (Wildman–Crippen MR) is 41.4 cm³/mol.